The summed E-state index contributed by atoms with van der Waals surface area (Å²) >= 11 is 0. The largest absolute Gasteiger partial charge is 0.494 e. The molecule has 1 atom stereocenters. The van der Waals surface area contributed by atoms with Crippen molar-refractivity contribution in [2.24, 2.45) is 5.92 Å². The Morgan fingerprint density at radius 2 is 1.90 bits per heavy atom. The van der Waals surface area contributed by atoms with E-state index in [4.69, 9.17) is 4.74 Å². The highest BCUT2D eigenvalue weighted by Gasteiger charge is 2.13. The number of nitrogens with zero attached hydrogens (tertiary/aromatic N) is 1. The highest BCUT2D eigenvalue weighted by atomic mass is 16.5. The van der Waals surface area contributed by atoms with Crippen LogP contribution < -0.4 is 10.1 Å². The highest BCUT2D eigenvalue weighted by molar-refractivity contribution is 5.38. The molecule has 1 rings (SSSR count). The van der Waals surface area contributed by atoms with Gasteiger partial charge in [-0.25, -0.2) is 0 Å². The van der Waals surface area contributed by atoms with E-state index in [1.165, 1.54) is 11.1 Å². The van der Waals surface area contributed by atoms with E-state index in [0.717, 1.165) is 25.4 Å². The summed E-state index contributed by atoms with van der Waals surface area (Å²) in [4.78, 5) is 2.48. The summed E-state index contributed by atoms with van der Waals surface area (Å²) in [6, 6.07) is 6.92. The van der Waals surface area contributed by atoms with Gasteiger partial charge in [0.1, 0.15) is 5.75 Å². The minimum atomic E-state index is 0.361. The van der Waals surface area contributed by atoms with Gasteiger partial charge in [-0.15, -0.1) is 0 Å². The lowest BCUT2D eigenvalue weighted by Crippen LogP contribution is -2.27. The van der Waals surface area contributed by atoms with E-state index in [0.29, 0.717) is 18.6 Å². The molecule has 3 heteroatoms. The van der Waals surface area contributed by atoms with Crippen molar-refractivity contribution in [3.63, 3.8) is 0 Å². The molecule has 120 valence electrons. The second-order valence-corrected chi connectivity index (χ2v) is 6.03. The van der Waals surface area contributed by atoms with Gasteiger partial charge in [0.25, 0.3) is 0 Å². The van der Waals surface area contributed by atoms with E-state index in [1.54, 1.807) is 0 Å². The quantitative estimate of drug-likeness (QED) is 0.748. The van der Waals surface area contributed by atoms with Gasteiger partial charge in [-0.05, 0) is 51.1 Å². The lowest BCUT2D eigenvalue weighted by atomic mass is 10.0. The molecule has 0 saturated carbocycles. The van der Waals surface area contributed by atoms with Crippen molar-refractivity contribution in [3.05, 3.63) is 29.3 Å². The van der Waals surface area contributed by atoms with Crippen LogP contribution in [0.2, 0.25) is 0 Å². The first-order valence-corrected chi connectivity index (χ1v) is 8.16. The van der Waals surface area contributed by atoms with Gasteiger partial charge in [0.15, 0.2) is 0 Å². The highest BCUT2D eigenvalue weighted by Crippen LogP contribution is 2.25. The molecule has 3 nitrogen and oxygen atoms in total. The average molecular weight is 292 g/mol. The van der Waals surface area contributed by atoms with Crippen LogP contribution in [0, 0.1) is 5.92 Å². The molecule has 1 unspecified atom stereocenters. The number of benzene rings is 1. The molecular formula is C18H32N2O. The van der Waals surface area contributed by atoms with E-state index >= 15 is 0 Å². The van der Waals surface area contributed by atoms with Crippen molar-refractivity contribution in [3.8, 4) is 5.75 Å². The molecule has 0 spiro atoms. The topological polar surface area (TPSA) is 24.5 Å². The first-order valence-electron chi connectivity index (χ1n) is 8.16. The first-order chi connectivity index (χ1) is 10.0. The minimum Gasteiger partial charge on any atom is -0.494 e. The van der Waals surface area contributed by atoms with Crippen molar-refractivity contribution in [1.29, 1.82) is 0 Å². The lowest BCUT2D eigenvalue weighted by molar-refractivity contribution is 0.242. The van der Waals surface area contributed by atoms with Gasteiger partial charge in [0.05, 0.1) is 6.61 Å². The molecule has 0 amide bonds. The van der Waals surface area contributed by atoms with Crippen LogP contribution in [-0.4, -0.2) is 31.6 Å². The average Bonchev–Trinajstić information content (AvgIpc) is 2.47. The maximum atomic E-state index is 5.81. The molecule has 21 heavy (non-hydrogen) atoms. The molecule has 1 aromatic carbocycles. The number of ether oxygens (including phenoxy) is 1. The molecule has 0 bridgehead atoms. The van der Waals surface area contributed by atoms with Crippen molar-refractivity contribution in [2.45, 2.75) is 47.2 Å². The molecule has 0 heterocycles. The van der Waals surface area contributed by atoms with E-state index in [-0.39, 0.29) is 0 Å². The van der Waals surface area contributed by atoms with Crippen LogP contribution in [0.25, 0.3) is 0 Å². The molecule has 0 aliphatic rings. The van der Waals surface area contributed by atoms with Crippen LogP contribution in [0.5, 0.6) is 5.75 Å². The van der Waals surface area contributed by atoms with Crippen LogP contribution in [0.3, 0.4) is 0 Å². The summed E-state index contributed by atoms with van der Waals surface area (Å²) in [6.07, 6.45) is 0. The zero-order chi connectivity index (χ0) is 15.8. The molecule has 0 saturated heterocycles. The fourth-order valence-electron chi connectivity index (χ4n) is 2.52. The summed E-state index contributed by atoms with van der Waals surface area (Å²) in [5.74, 6) is 1.70. The Bertz CT molecular complexity index is 418. The fraction of sp³-hybridized carbons (Fsp3) is 0.667. The van der Waals surface area contributed by atoms with Gasteiger partial charge < -0.3 is 10.1 Å². The first kappa shape index (κ1) is 18.0. The van der Waals surface area contributed by atoms with E-state index < -0.39 is 0 Å². The summed E-state index contributed by atoms with van der Waals surface area (Å²) < 4.78 is 5.81. The van der Waals surface area contributed by atoms with Crippen molar-refractivity contribution in [1.82, 2.24) is 10.2 Å². The third-order valence-corrected chi connectivity index (χ3v) is 3.78. The van der Waals surface area contributed by atoms with Crippen LogP contribution in [0.15, 0.2) is 18.2 Å². The van der Waals surface area contributed by atoms with Gasteiger partial charge in [0, 0.05) is 24.7 Å². The van der Waals surface area contributed by atoms with Gasteiger partial charge in [0.2, 0.25) is 0 Å². The molecule has 0 aliphatic carbocycles. The van der Waals surface area contributed by atoms with Crippen LogP contribution in [0.4, 0.5) is 0 Å². The number of hydrogen-bond acceptors (Lipinski definition) is 3. The Hall–Kier alpha value is -1.06. The van der Waals surface area contributed by atoms with Crippen molar-refractivity contribution in [2.75, 3.05) is 26.7 Å². The van der Waals surface area contributed by atoms with Crippen molar-refractivity contribution < 1.29 is 4.74 Å². The van der Waals surface area contributed by atoms with Gasteiger partial charge >= 0.3 is 0 Å². The smallest absolute Gasteiger partial charge is 0.123 e. The standard InChI is InChI=1S/C18H32N2O/c1-7-20(12-14(3)4)13-17-11-16(15(5)19-6)9-10-18(17)21-8-2/h9-11,14-15,19H,7-8,12-13H2,1-6H3. The molecule has 1 aromatic rings. The Morgan fingerprint density at radius 1 is 1.19 bits per heavy atom. The zero-order valence-corrected chi connectivity index (χ0v) is 14.6. The second kappa shape index (κ2) is 9.06. The SMILES string of the molecule is CCOc1ccc(C(C)NC)cc1CN(CC)CC(C)C. The van der Waals surface area contributed by atoms with Gasteiger partial charge in [-0.2, -0.15) is 0 Å². The monoisotopic (exact) mass is 292 g/mol. The zero-order valence-electron chi connectivity index (χ0n) is 14.6. The Balaban J connectivity index is 2.98. The molecule has 0 aromatic heterocycles. The molecular weight excluding hydrogens is 260 g/mol. The molecule has 0 radical (unpaired) electrons. The third kappa shape index (κ3) is 5.68. The number of rotatable bonds is 9. The number of nitrogens with one attached hydrogen (secondary N) is 1. The van der Waals surface area contributed by atoms with Crippen LogP contribution in [0.1, 0.15) is 51.8 Å². The van der Waals surface area contributed by atoms with E-state index in [1.807, 2.05) is 14.0 Å². The second-order valence-electron chi connectivity index (χ2n) is 6.03. The third-order valence-electron chi connectivity index (χ3n) is 3.78. The van der Waals surface area contributed by atoms with Crippen LogP contribution in [-0.2, 0) is 6.54 Å². The normalized spacial score (nSPS) is 13.0. The summed E-state index contributed by atoms with van der Waals surface area (Å²) in [5, 5.41) is 3.30. The predicted molar refractivity (Wildman–Crippen MR) is 90.9 cm³/mol. The Morgan fingerprint density at radius 3 is 2.43 bits per heavy atom. The van der Waals surface area contributed by atoms with E-state index in [9.17, 15) is 0 Å². The van der Waals surface area contributed by atoms with Gasteiger partial charge in [-0.3, -0.25) is 4.90 Å². The minimum absolute atomic E-state index is 0.361. The maximum Gasteiger partial charge on any atom is 0.123 e. The predicted octanol–water partition coefficient (Wildman–Crippen LogP) is 3.84. The molecule has 1 N–H and O–H groups in total. The maximum absolute atomic E-state index is 5.81. The molecule has 0 aliphatic heterocycles. The van der Waals surface area contributed by atoms with E-state index in [2.05, 4.69) is 56.1 Å². The fourth-order valence-corrected chi connectivity index (χ4v) is 2.52. The summed E-state index contributed by atoms with van der Waals surface area (Å²) in [5.41, 5.74) is 2.61. The Kier molecular flexibility index (Phi) is 7.76. The van der Waals surface area contributed by atoms with Crippen molar-refractivity contribution >= 4 is 0 Å². The Labute approximate surface area is 130 Å². The van der Waals surface area contributed by atoms with Gasteiger partial charge in [-0.1, -0.05) is 26.8 Å². The molecule has 0 fully saturated rings. The summed E-state index contributed by atoms with van der Waals surface area (Å²) in [6.45, 7) is 14.8. The lowest BCUT2D eigenvalue weighted by Gasteiger charge is -2.24. The van der Waals surface area contributed by atoms with Crippen LogP contribution >= 0.6 is 0 Å². The summed E-state index contributed by atoms with van der Waals surface area (Å²) in [7, 11) is 2.00. The number of hydrogen-bond donors (Lipinski definition) is 1.